The Morgan fingerprint density at radius 1 is 1.33 bits per heavy atom. The van der Waals surface area contributed by atoms with E-state index in [9.17, 15) is 23.1 Å². The van der Waals surface area contributed by atoms with E-state index in [1.165, 1.54) is 23.6 Å². The molecular weight excluding hydrogens is 419 g/mol. The second-order valence-electron chi connectivity index (χ2n) is 7.04. The van der Waals surface area contributed by atoms with Gasteiger partial charge in [-0.25, -0.2) is 4.98 Å². The molecule has 1 fully saturated rings. The van der Waals surface area contributed by atoms with Gasteiger partial charge >= 0.3 is 6.18 Å². The van der Waals surface area contributed by atoms with Crippen LogP contribution < -0.4 is 5.32 Å². The molecule has 3 aromatic rings. The van der Waals surface area contributed by atoms with Gasteiger partial charge in [-0.15, -0.1) is 11.3 Å². The summed E-state index contributed by atoms with van der Waals surface area (Å²) in [4.78, 5) is 20.6. The van der Waals surface area contributed by atoms with Crippen molar-refractivity contribution in [2.45, 2.75) is 31.2 Å². The lowest BCUT2D eigenvalue weighted by atomic mass is 10.0. The van der Waals surface area contributed by atoms with Crippen molar-refractivity contribution in [1.29, 1.82) is 0 Å². The fourth-order valence-electron chi connectivity index (χ4n) is 3.29. The number of hydrogen-bond acceptors (Lipinski definition) is 6. The Balaban J connectivity index is 1.59. The molecule has 2 N–H and O–H groups in total. The molecular formula is C20H18F3N3O3S. The van der Waals surface area contributed by atoms with Gasteiger partial charge in [0.2, 0.25) is 0 Å². The largest absolute Gasteiger partial charge is 0.433 e. The van der Waals surface area contributed by atoms with E-state index in [-0.39, 0.29) is 12.3 Å². The third-order valence-electron chi connectivity index (χ3n) is 4.87. The molecule has 158 valence electrons. The van der Waals surface area contributed by atoms with Gasteiger partial charge in [0.1, 0.15) is 11.4 Å². The second kappa shape index (κ2) is 8.29. The number of fused-ring (bicyclic) bond motifs is 1. The first-order valence-electron chi connectivity index (χ1n) is 9.27. The molecule has 1 aliphatic heterocycles. The maximum Gasteiger partial charge on any atom is 0.433 e. The van der Waals surface area contributed by atoms with Gasteiger partial charge in [-0.3, -0.25) is 9.78 Å². The summed E-state index contributed by atoms with van der Waals surface area (Å²) in [5.41, 5.74) is 1.21. The number of thiophene rings is 1. The summed E-state index contributed by atoms with van der Waals surface area (Å²) in [5, 5.41) is 14.6. The van der Waals surface area contributed by atoms with E-state index in [2.05, 4.69) is 15.3 Å². The number of ether oxygens (including phenoxy) is 1. The molecule has 10 heteroatoms. The number of nitrogens with one attached hydrogen (secondary N) is 1. The minimum absolute atomic E-state index is 0.175. The van der Waals surface area contributed by atoms with E-state index < -0.39 is 29.9 Å². The number of pyridine rings is 2. The van der Waals surface area contributed by atoms with Crippen LogP contribution in [0.25, 0.3) is 10.2 Å². The topological polar surface area (TPSA) is 84.3 Å². The average Bonchev–Trinajstić information content (AvgIpc) is 3.18. The SMILES string of the molecule is O=C(N[C@@H]1COCC[C@H]1O)c1cc(Cc2ccc(C(F)(F)F)nc2)c2sccc2n1. The van der Waals surface area contributed by atoms with E-state index in [1.807, 2.05) is 5.38 Å². The highest BCUT2D eigenvalue weighted by atomic mass is 32.1. The van der Waals surface area contributed by atoms with Crippen molar-refractivity contribution in [3.63, 3.8) is 0 Å². The van der Waals surface area contributed by atoms with E-state index in [0.717, 1.165) is 16.3 Å². The first-order valence-corrected chi connectivity index (χ1v) is 10.1. The van der Waals surface area contributed by atoms with E-state index in [1.54, 1.807) is 12.1 Å². The Kier molecular flexibility index (Phi) is 5.72. The zero-order chi connectivity index (χ0) is 21.3. The molecule has 30 heavy (non-hydrogen) atoms. The summed E-state index contributed by atoms with van der Waals surface area (Å²) in [7, 11) is 0. The summed E-state index contributed by atoms with van der Waals surface area (Å²) < 4.78 is 44.4. The van der Waals surface area contributed by atoms with Gasteiger partial charge in [-0.05, 0) is 41.1 Å². The predicted molar refractivity (Wildman–Crippen MR) is 104 cm³/mol. The summed E-state index contributed by atoms with van der Waals surface area (Å²) in [6, 6.07) is 5.21. The first kappa shape index (κ1) is 20.7. The molecule has 1 saturated heterocycles. The number of aliphatic hydroxyl groups excluding tert-OH is 1. The van der Waals surface area contributed by atoms with Gasteiger partial charge in [0.15, 0.2) is 0 Å². The fraction of sp³-hybridized carbons (Fsp3) is 0.350. The fourth-order valence-corrected chi connectivity index (χ4v) is 4.14. The number of hydrogen-bond donors (Lipinski definition) is 2. The lowest BCUT2D eigenvalue weighted by Gasteiger charge is -2.28. The molecule has 1 amide bonds. The smallest absolute Gasteiger partial charge is 0.391 e. The molecule has 0 saturated carbocycles. The van der Waals surface area contributed by atoms with Crippen LogP contribution in [0.3, 0.4) is 0 Å². The molecule has 0 bridgehead atoms. The number of alkyl halides is 3. The highest BCUT2D eigenvalue weighted by Crippen LogP contribution is 2.29. The second-order valence-corrected chi connectivity index (χ2v) is 7.95. The molecule has 6 nitrogen and oxygen atoms in total. The molecule has 4 heterocycles. The lowest BCUT2D eigenvalue weighted by molar-refractivity contribution is -0.141. The van der Waals surface area contributed by atoms with Crippen LogP contribution >= 0.6 is 11.3 Å². The molecule has 0 unspecified atom stereocenters. The van der Waals surface area contributed by atoms with Gasteiger partial charge < -0.3 is 15.2 Å². The van der Waals surface area contributed by atoms with Gasteiger partial charge in [-0.1, -0.05) is 6.07 Å². The number of aliphatic hydroxyl groups is 1. The number of halogens is 3. The zero-order valence-corrected chi connectivity index (χ0v) is 16.5. The average molecular weight is 437 g/mol. The van der Waals surface area contributed by atoms with Crippen molar-refractivity contribution >= 4 is 27.5 Å². The van der Waals surface area contributed by atoms with Crippen LogP contribution in [-0.4, -0.2) is 46.3 Å². The van der Waals surface area contributed by atoms with Crippen molar-refractivity contribution < 1.29 is 27.8 Å². The maximum atomic E-state index is 12.7. The molecule has 0 spiro atoms. The van der Waals surface area contributed by atoms with E-state index in [0.29, 0.717) is 30.5 Å². The highest BCUT2D eigenvalue weighted by molar-refractivity contribution is 7.17. The molecule has 0 radical (unpaired) electrons. The number of aromatic nitrogens is 2. The summed E-state index contributed by atoms with van der Waals surface area (Å²) in [5.74, 6) is -0.440. The van der Waals surface area contributed by atoms with Crippen LogP contribution in [0.1, 0.15) is 33.7 Å². The standard InChI is InChI=1S/C20H18F3N3O3S/c21-20(22,23)17-2-1-11(9-24-17)7-12-8-14(25-13-4-6-30-18(12)13)19(28)26-15-10-29-5-3-16(15)27/h1-2,4,6,8-9,15-16,27H,3,5,7,10H2,(H,26,28)/t15-,16-/m1/s1. The van der Waals surface area contributed by atoms with Crippen LogP contribution in [0.2, 0.25) is 0 Å². The summed E-state index contributed by atoms with van der Waals surface area (Å²) >= 11 is 1.44. The normalized spacial score (nSPS) is 19.7. The number of rotatable bonds is 4. The third-order valence-corrected chi connectivity index (χ3v) is 5.85. The molecule has 1 aliphatic rings. The molecule has 0 aliphatic carbocycles. The van der Waals surface area contributed by atoms with Crippen molar-refractivity contribution in [2.24, 2.45) is 0 Å². The Labute approximate surface area is 173 Å². The molecule has 2 atom stereocenters. The van der Waals surface area contributed by atoms with Gasteiger partial charge in [0.05, 0.1) is 29.0 Å². The Morgan fingerprint density at radius 2 is 2.17 bits per heavy atom. The number of carbonyl (C=O) groups is 1. The Hall–Kier alpha value is -2.56. The number of nitrogens with zero attached hydrogens (tertiary/aromatic N) is 2. The quantitative estimate of drug-likeness (QED) is 0.655. The van der Waals surface area contributed by atoms with E-state index in [4.69, 9.17) is 4.74 Å². The zero-order valence-electron chi connectivity index (χ0n) is 15.6. The van der Waals surface area contributed by atoms with Gasteiger partial charge in [-0.2, -0.15) is 13.2 Å². The molecule has 3 aromatic heterocycles. The highest BCUT2D eigenvalue weighted by Gasteiger charge is 2.32. The first-order chi connectivity index (χ1) is 14.3. The van der Waals surface area contributed by atoms with E-state index >= 15 is 0 Å². The van der Waals surface area contributed by atoms with Crippen molar-refractivity contribution in [3.8, 4) is 0 Å². The minimum Gasteiger partial charge on any atom is -0.391 e. The summed E-state index contributed by atoms with van der Waals surface area (Å²) in [6.45, 7) is 0.662. The van der Waals surface area contributed by atoms with Crippen LogP contribution in [0.5, 0.6) is 0 Å². The number of carbonyl (C=O) groups excluding carboxylic acids is 1. The van der Waals surface area contributed by atoms with Crippen molar-refractivity contribution in [2.75, 3.05) is 13.2 Å². The maximum absolute atomic E-state index is 12.7. The lowest BCUT2D eigenvalue weighted by Crippen LogP contribution is -2.49. The van der Waals surface area contributed by atoms with Gasteiger partial charge in [0, 0.05) is 19.2 Å². The minimum atomic E-state index is -4.49. The van der Waals surface area contributed by atoms with Crippen molar-refractivity contribution in [1.82, 2.24) is 15.3 Å². The molecule has 0 aromatic carbocycles. The summed E-state index contributed by atoms with van der Waals surface area (Å²) in [6.07, 6.45) is -3.24. The van der Waals surface area contributed by atoms with Gasteiger partial charge in [0.25, 0.3) is 5.91 Å². The van der Waals surface area contributed by atoms with Crippen LogP contribution in [0.15, 0.2) is 35.8 Å². The Bertz CT molecular complexity index is 1050. The van der Waals surface area contributed by atoms with Crippen molar-refractivity contribution in [3.05, 3.63) is 58.4 Å². The number of amides is 1. The van der Waals surface area contributed by atoms with Crippen LogP contribution in [0.4, 0.5) is 13.2 Å². The third kappa shape index (κ3) is 4.45. The predicted octanol–water partition coefficient (Wildman–Crippen LogP) is 3.18. The Morgan fingerprint density at radius 3 is 2.87 bits per heavy atom. The monoisotopic (exact) mass is 437 g/mol. The van der Waals surface area contributed by atoms with Crippen LogP contribution in [-0.2, 0) is 17.3 Å². The molecule has 4 rings (SSSR count). The van der Waals surface area contributed by atoms with Crippen LogP contribution in [0, 0.1) is 0 Å².